The molecule has 0 saturated carbocycles. The van der Waals surface area contributed by atoms with E-state index in [1.165, 1.54) is 0 Å². The minimum absolute atomic E-state index is 0.0308. The van der Waals surface area contributed by atoms with Gasteiger partial charge < -0.3 is 40.0 Å². The number of carbonyl (C=O) groups excluding carboxylic acids is 1. The molecule has 1 saturated heterocycles. The summed E-state index contributed by atoms with van der Waals surface area (Å²) in [4.78, 5) is 11.9. The molecule has 0 aliphatic carbocycles. The maximum Gasteiger partial charge on any atom is 0.220 e. The predicted octanol–water partition coefficient (Wildman–Crippen LogP) is -1.44. The Morgan fingerprint density at radius 2 is 1.93 bits per heavy atom. The molecule has 27 heavy (non-hydrogen) atoms. The fourth-order valence-corrected chi connectivity index (χ4v) is 2.82. The largest absolute Gasteiger partial charge is 0.496 e. The van der Waals surface area contributed by atoms with E-state index in [0.29, 0.717) is 6.42 Å². The Balaban J connectivity index is 1.69. The molecule has 1 heterocycles. The Morgan fingerprint density at radius 3 is 2.63 bits per heavy atom. The lowest BCUT2D eigenvalue weighted by atomic mass is 9.99. The zero-order chi connectivity index (χ0) is 19.8. The number of nitrogens with one attached hydrogen (secondary N) is 1. The van der Waals surface area contributed by atoms with Crippen LogP contribution in [0.15, 0.2) is 24.3 Å². The molecule has 0 unspecified atom stereocenters. The van der Waals surface area contributed by atoms with Gasteiger partial charge in [0.2, 0.25) is 5.91 Å². The van der Waals surface area contributed by atoms with Gasteiger partial charge in [-0.2, -0.15) is 0 Å². The number of aliphatic hydroxyl groups excluding tert-OH is 4. The fourth-order valence-electron chi connectivity index (χ4n) is 2.82. The van der Waals surface area contributed by atoms with E-state index >= 15 is 0 Å². The topological polar surface area (TPSA) is 138 Å². The van der Waals surface area contributed by atoms with Crippen LogP contribution in [0.25, 0.3) is 0 Å². The third-order valence-corrected chi connectivity index (χ3v) is 4.37. The first-order chi connectivity index (χ1) is 13.0. The molecule has 9 heteroatoms. The van der Waals surface area contributed by atoms with Crippen LogP contribution in [0.1, 0.15) is 12.0 Å². The molecule has 5 atom stereocenters. The van der Waals surface area contributed by atoms with Crippen molar-refractivity contribution in [2.45, 2.75) is 43.5 Å². The molecule has 0 radical (unpaired) electrons. The molecule has 0 spiro atoms. The summed E-state index contributed by atoms with van der Waals surface area (Å²) in [7, 11) is 1.58. The van der Waals surface area contributed by atoms with Crippen LogP contribution >= 0.6 is 0 Å². The molecule has 1 aliphatic heterocycles. The van der Waals surface area contributed by atoms with Gasteiger partial charge in [0, 0.05) is 13.0 Å². The van der Waals surface area contributed by atoms with Gasteiger partial charge in [-0.25, -0.2) is 0 Å². The van der Waals surface area contributed by atoms with Gasteiger partial charge in [-0.1, -0.05) is 18.2 Å². The summed E-state index contributed by atoms with van der Waals surface area (Å²) in [6, 6.07) is 7.47. The number of para-hydroxylation sites is 1. The summed E-state index contributed by atoms with van der Waals surface area (Å²) in [6.07, 6.45) is -5.79. The van der Waals surface area contributed by atoms with Gasteiger partial charge in [-0.05, 0) is 18.1 Å². The van der Waals surface area contributed by atoms with Crippen molar-refractivity contribution in [1.82, 2.24) is 5.32 Å². The van der Waals surface area contributed by atoms with E-state index in [1.807, 2.05) is 24.3 Å². The van der Waals surface area contributed by atoms with Gasteiger partial charge in [0.25, 0.3) is 0 Å². The summed E-state index contributed by atoms with van der Waals surface area (Å²) in [6.45, 7) is -0.312. The molecular weight excluding hydrogens is 358 g/mol. The van der Waals surface area contributed by atoms with Gasteiger partial charge in [-0.15, -0.1) is 0 Å². The molecule has 1 aromatic rings. The number of rotatable bonds is 9. The van der Waals surface area contributed by atoms with E-state index in [4.69, 9.17) is 19.3 Å². The molecule has 5 N–H and O–H groups in total. The zero-order valence-electron chi connectivity index (χ0n) is 15.2. The van der Waals surface area contributed by atoms with Crippen LogP contribution in [0, 0.1) is 0 Å². The average Bonchev–Trinajstić information content (AvgIpc) is 2.69. The number of aliphatic hydroxyl groups is 4. The Hall–Kier alpha value is -1.75. The highest BCUT2D eigenvalue weighted by atomic mass is 16.7. The third-order valence-electron chi connectivity index (χ3n) is 4.37. The normalized spacial score (nSPS) is 28.0. The maximum absolute atomic E-state index is 11.9. The quantitative estimate of drug-likeness (QED) is 0.326. The van der Waals surface area contributed by atoms with Crippen LogP contribution in [0.4, 0.5) is 0 Å². The molecule has 152 valence electrons. The molecule has 1 amide bonds. The van der Waals surface area contributed by atoms with E-state index in [0.717, 1.165) is 11.3 Å². The third kappa shape index (κ3) is 5.86. The van der Waals surface area contributed by atoms with E-state index in [-0.39, 0.29) is 25.5 Å². The molecule has 2 rings (SSSR count). The van der Waals surface area contributed by atoms with Gasteiger partial charge in [-0.3, -0.25) is 4.79 Å². The van der Waals surface area contributed by atoms with Crippen molar-refractivity contribution in [2.24, 2.45) is 0 Å². The molecule has 1 fully saturated rings. The molecule has 0 aromatic heterocycles. The van der Waals surface area contributed by atoms with E-state index in [2.05, 4.69) is 5.32 Å². The van der Waals surface area contributed by atoms with E-state index < -0.39 is 37.3 Å². The minimum atomic E-state index is -1.49. The highest BCUT2D eigenvalue weighted by Crippen LogP contribution is 2.22. The highest BCUT2D eigenvalue weighted by Gasteiger charge is 2.43. The van der Waals surface area contributed by atoms with Crippen LogP contribution in [0.5, 0.6) is 5.75 Å². The number of hydrogen-bond donors (Lipinski definition) is 5. The first-order valence-corrected chi connectivity index (χ1v) is 8.78. The Bertz CT molecular complexity index is 596. The number of aryl methyl sites for hydroxylation is 1. The lowest BCUT2D eigenvalue weighted by Gasteiger charge is -2.39. The van der Waals surface area contributed by atoms with Crippen LogP contribution in [0.3, 0.4) is 0 Å². The van der Waals surface area contributed by atoms with Crippen LogP contribution in [0.2, 0.25) is 0 Å². The van der Waals surface area contributed by atoms with Crippen molar-refractivity contribution in [1.29, 1.82) is 0 Å². The maximum atomic E-state index is 11.9. The van der Waals surface area contributed by atoms with E-state index in [9.17, 15) is 20.1 Å². The monoisotopic (exact) mass is 385 g/mol. The summed E-state index contributed by atoms with van der Waals surface area (Å²) >= 11 is 0. The SMILES string of the molecule is COc1ccccc1CCC(=O)NCCO[C@H]1O[C@H](CO)[C@H](O)[C@H](O)[C@H]1O. The van der Waals surface area contributed by atoms with Crippen LogP contribution < -0.4 is 10.1 Å². The lowest BCUT2D eigenvalue weighted by Crippen LogP contribution is -2.59. The first kappa shape index (κ1) is 21.5. The van der Waals surface area contributed by atoms with Gasteiger partial charge >= 0.3 is 0 Å². The smallest absolute Gasteiger partial charge is 0.220 e. The van der Waals surface area contributed by atoms with Gasteiger partial charge in [0.15, 0.2) is 6.29 Å². The van der Waals surface area contributed by atoms with Crippen molar-refractivity contribution in [2.75, 3.05) is 26.9 Å². The van der Waals surface area contributed by atoms with Crippen molar-refractivity contribution < 1.29 is 39.4 Å². The summed E-state index contributed by atoms with van der Waals surface area (Å²) in [5.41, 5.74) is 0.938. The first-order valence-electron chi connectivity index (χ1n) is 8.78. The summed E-state index contributed by atoms with van der Waals surface area (Å²) in [5.74, 6) is 0.564. The second kappa shape index (κ2) is 10.5. The van der Waals surface area contributed by atoms with Crippen LogP contribution in [-0.2, 0) is 20.7 Å². The van der Waals surface area contributed by atoms with Crippen molar-refractivity contribution in [3.8, 4) is 5.75 Å². The number of carbonyl (C=O) groups is 1. The predicted molar refractivity (Wildman–Crippen MR) is 94.0 cm³/mol. The van der Waals surface area contributed by atoms with Gasteiger partial charge in [0.1, 0.15) is 30.2 Å². The molecular formula is C18H27NO8. The Labute approximate surface area is 157 Å². The zero-order valence-corrected chi connectivity index (χ0v) is 15.2. The Kier molecular flexibility index (Phi) is 8.42. The van der Waals surface area contributed by atoms with Crippen LogP contribution in [-0.4, -0.2) is 83.9 Å². The van der Waals surface area contributed by atoms with Crippen molar-refractivity contribution >= 4 is 5.91 Å². The number of amides is 1. The standard InChI is InChI=1S/C18H27NO8/c1-25-12-5-3-2-4-11(12)6-7-14(21)19-8-9-26-18-17(24)16(23)15(22)13(10-20)27-18/h2-5,13,15-18,20,22-24H,6-10H2,1H3,(H,19,21)/t13-,15+,16+,17-,18+/m1/s1. The minimum Gasteiger partial charge on any atom is -0.496 e. The molecule has 9 nitrogen and oxygen atoms in total. The molecule has 1 aromatic carbocycles. The molecule has 1 aliphatic rings. The van der Waals surface area contributed by atoms with E-state index in [1.54, 1.807) is 7.11 Å². The average molecular weight is 385 g/mol. The number of hydrogen-bond acceptors (Lipinski definition) is 8. The second-order valence-electron chi connectivity index (χ2n) is 6.23. The highest BCUT2D eigenvalue weighted by molar-refractivity contribution is 5.76. The Morgan fingerprint density at radius 1 is 1.19 bits per heavy atom. The number of benzene rings is 1. The summed E-state index contributed by atoms with van der Waals surface area (Å²) in [5, 5.41) is 41.0. The van der Waals surface area contributed by atoms with Crippen molar-refractivity contribution in [3.63, 3.8) is 0 Å². The lowest BCUT2D eigenvalue weighted by molar-refractivity contribution is -0.300. The number of ether oxygens (including phenoxy) is 3. The van der Waals surface area contributed by atoms with Crippen molar-refractivity contribution in [3.05, 3.63) is 29.8 Å². The second-order valence-corrected chi connectivity index (χ2v) is 6.23. The molecule has 0 bridgehead atoms. The van der Waals surface area contributed by atoms with Gasteiger partial charge in [0.05, 0.1) is 20.3 Å². The summed E-state index contributed by atoms with van der Waals surface area (Å²) < 4.78 is 15.8. The fraction of sp³-hybridized carbons (Fsp3) is 0.611. The number of methoxy groups -OCH3 is 1.